The second-order valence-corrected chi connectivity index (χ2v) is 7.59. The van der Waals surface area contributed by atoms with Gasteiger partial charge in [0, 0.05) is 30.9 Å². The minimum atomic E-state index is 0.307. The summed E-state index contributed by atoms with van der Waals surface area (Å²) in [6, 6.07) is 8.67. The lowest BCUT2D eigenvalue weighted by molar-refractivity contribution is 0.576. The van der Waals surface area contributed by atoms with Crippen molar-refractivity contribution < 1.29 is 0 Å². The van der Waals surface area contributed by atoms with Gasteiger partial charge >= 0.3 is 0 Å². The molecule has 0 saturated carbocycles. The number of rotatable bonds is 4. The number of nitrogens with one attached hydrogen (secondary N) is 1. The van der Waals surface area contributed by atoms with E-state index in [1.165, 1.54) is 14.9 Å². The van der Waals surface area contributed by atoms with Crippen molar-refractivity contribution in [2.45, 2.75) is 19.5 Å². The average molecular weight is 454 g/mol. The molecular weight excluding hydrogens is 442 g/mol. The van der Waals surface area contributed by atoms with Gasteiger partial charge in [-0.15, -0.1) is 11.3 Å². The van der Waals surface area contributed by atoms with E-state index in [-0.39, 0.29) is 0 Å². The van der Waals surface area contributed by atoms with E-state index in [9.17, 15) is 0 Å². The Labute approximate surface area is 136 Å². The molecule has 0 bridgehead atoms. The molecule has 0 aliphatic heterocycles. The van der Waals surface area contributed by atoms with E-state index in [0.29, 0.717) is 6.04 Å². The molecule has 0 radical (unpaired) electrons. The summed E-state index contributed by atoms with van der Waals surface area (Å²) < 4.78 is 3.40. The van der Waals surface area contributed by atoms with Crippen molar-refractivity contribution in [1.82, 2.24) is 5.32 Å². The van der Waals surface area contributed by atoms with Gasteiger partial charge in [-0.2, -0.15) is 0 Å². The van der Waals surface area contributed by atoms with Gasteiger partial charge in [0.25, 0.3) is 0 Å². The number of hydrogen-bond acceptors (Lipinski definition) is 2. The molecule has 2 rings (SSSR count). The normalized spacial score (nSPS) is 12.7. The lowest BCUT2D eigenvalue weighted by Gasteiger charge is -2.15. The summed E-state index contributed by atoms with van der Waals surface area (Å²) in [5.41, 5.74) is 1.27. The molecular formula is C13H12Br3NS. The van der Waals surface area contributed by atoms with Gasteiger partial charge in [-0.3, -0.25) is 0 Å². The van der Waals surface area contributed by atoms with Crippen LogP contribution in [0.5, 0.6) is 0 Å². The molecule has 1 unspecified atom stereocenters. The average Bonchev–Trinajstić information content (AvgIpc) is 2.72. The zero-order valence-electron chi connectivity index (χ0n) is 9.71. The summed E-state index contributed by atoms with van der Waals surface area (Å²) in [7, 11) is 0. The zero-order valence-corrected chi connectivity index (χ0v) is 15.3. The predicted molar refractivity (Wildman–Crippen MR) is 89.1 cm³/mol. The number of thiophene rings is 1. The second-order valence-electron chi connectivity index (χ2n) is 3.96. The first-order valence-corrected chi connectivity index (χ1v) is 8.74. The number of hydrogen-bond donors (Lipinski definition) is 1. The van der Waals surface area contributed by atoms with Gasteiger partial charge in [0.1, 0.15) is 0 Å². The zero-order chi connectivity index (χ0) is 13.1. The van der Waals surface area contributed by atoms with E-state index in [1.54, 1.807) is 11.3 Å². The summed E-state index contributed by atoms with van der Waals surface area (Å²) >= 11 is 12.4. The molecule has 0 saturated heterocycles. The van der Waals surface area contributed by atoms with Gasteiger partial charge in [0.15, 0.2) is 0 Å². The fourth-order valence-electron chi connectivity index (χ4n) is 1.66. The van der Waals surface area contributed by atoms with Crippen molar-refractivity contribution in [2.75, 3.05) is 0 Å². The highest BCUT2D eigenvalue weighted by Crippen LogP contribution is 2.28. The minimum absolute atomic E-state index is 0.307. The highest BCUT2D eigenvalue weighted by molar-refractivity contribution is 9.11. The molecule has 0 fully saturated rings. The van der Waals surface area contributed by atoms with Gasteiger partial charge < -0.3 is 5.32 Å². The lowest BCUT2D eigenvalue weighted by Crippen LogP contribution is -2.18. The third-order valence-electron chi connectivity index (χ3n) is 2.69. The largest absolute Gasteiger partial charge is 0.305 e. The SMILES string of the molecule is CC(NCc1sccc1Br)c1ccc(Br)cc1Br. The Morgan fingerprint density at radius 1 is 1.17 bits per heavy atom. The molecule has 2 aromatic rings. The van der Waals surface area contributed by atoms with Crippen LogP contribution in [0.4, 0.5) is 0 Å². The van der Waals surface area contributed by atoms with Crippen molar-refractivity contribution >= 4 is 59.1 Å². The number of benzene rings is 1. The predicted octanol–water partition coefficient (Wildman–Crippen LogP) is 5.89. The van der Waals surface area contributed by atoms with Crippen LogP contribution in [0.15, 0.2) is 43.1 Å². The monoisotopic (exact) mass is 451 g/mol. The summed E-state index contributed by atoms with van der Waals surface area (Å²) in [4.78, 5) is 1.33. The maximum Gasteiger partial charge on any atom is 0.0327 e. The summed E-state index contributed by atoms with van der Waals surface area (Å²) in [6.07, 6.45) is 0. The van der Waals surface area contributed by atoms with Crippen LogP contribution in [-0.2, 0) is 6.54 Å². The molecule has 1 aromatic carbocycles. The van der Waals surface area contributed by atoms with Gasteiger partial charge in [-0.05, 0) is 52.0 Å². The third kappa shape index (κ3) is 3.67. The molecule has 18 heavy (non-hydrogen) atoms. The molecule has 1 heterocycles. The standard InChI is InChI=1S/C13H12Br3NS/c1-8(10-3-2-9(14)6-12(10)16)17-7-13-11(15)4-5-18-13/h2-6,8,17H,7H2,1H3. The molecule has 0 amide bonds. The van der Waals surface area contributed by atoms with Crippen LogP contribution in [0, 0.1) is 0 Å². The summed E-state index contributed by atoms with van der Waals surface area (Å²) in [6.45, 7) is 3.05. The highest BCUT2D eigenvalue weighted by Gasteiger charge is 2.10. The van der Waals surface area contributed by atoms with Gasteiger partial charge in [-0.1, -0.05) is 37.9 Å². The van der Waals surface area contributed by atoms with Gasteiger partial charge in [0.2, 0.25) is 0 Å². The smallest absolute Gasteiger partial charge is 0.0327 e. The van der Waals surface area contributed by atoms with Gasteiger partial charge in [0.05, 0.1) is 0 Å². The fraction of sp³-hybridized carbons (Fsp3) is 0.231. The van der Waals surface area contributed by atoms with Crippen molar-refractivity contribution in [2.24, 2.45) is 0 Å². The molecule has 5 heteroatoms. The molecule has 0 aliphatic carbocycles. The Morgan fingerprint density at radius 3 is 2.56 bits per heavy atom. The lowest BCUT2D eigenvalue weighted by atomic mass is 10.1. The molecule has 1 aromatic heterocycles. The van der Waals surface area contributed by atoms with Crippen molar-refractivity contribution in [3.05, 3.63) is 53.5 Å². The molecule has 1 N–H and O–H groups in total. The maximum atomic E-state index is 3.60. The molecule has 1 atom stereocenters. The first-order chi connectivity index (χ1) is 8.58. The second kappa shape index (κ2) is 6.66. The van der Waals surface area contributed by atoms with Crippen LogP contribution >= 0.6 is 59.1 Å². The Morgan fingerprint density at radius 2 is 1.94 bits per heavy atom. The van der Waals surface area contributed by atoms with Crippen LogP contribution < -0.4 is 5.32 Å². The highest BCUT2D eigenvalue weighted by atomic mass is 79.9. The van der Waals surface area contributed by atoms with Crippen molar-refractivity contribution in [3.8, 4) is 0 Å². The Bertz CT molecular complexity index is 539. The van der Waals surface area contributed by atoms with Gasteiger partial charge in [-0.25, -0.2) is 0 Å². The van der Waals surface area contributed by atoms with E-state index >= 15 is 0 Å². The van der Waals surface area contributed by atoms with Crippen molar-refractivity contribution in [1.29, 1.82) is 0 Å². The topological polar surface area (TPSA) is 12.0 Å². The van der Waals surface area contributed by atoms with E-state index in [0.717, 1.165) is 15.5 Å². The van der Waals surface area contributed by atoms with Crippen molar-refractivity contribution in [3.63, 3.8) is 0 Å². The summed E-state index contributed by atoms with van der Waals surface area (Å²) in [5.74, 6) is 0. The van der Waals surface area contributed by atoms with Crippen LogP contribution in [0.1, 0.15) is 23.4 Å². The molecule has 0 aliphatic rings. The molecule has 0 spiro atoms. The molecule has 96 valence electrons. The Balaban J connectivity index is 2.03. The third-order valence-corrected chi connectivity index (χ3v) is 5.80. The van der Waals surface area contributed by atoms with E-state index in [1.807, 2.05) is 0 Å². The minimum Gasteiger partial charge on any atom is -0.305 e. The van der Waals surface area contributed by atoms with E-state index in [4.69, 9.17) is 0 Å². The fourth-order valence-corrected chi connectivity index (χ4v) is 4.49. The Kier molecular flexibility index (Phi) is 5.45. The number of halogens is 3. The first-order valence-electron chi connectivity index (χ1n) is 5.48. The van der Waals surface area contributed by atoms with E-state index < -0.39 is 0 Å². The summed E-state index contributed by atoms with van der Waals surface area (Å²) in [5, 5.41) is 5.64. The van der Waals surface area contributed by atoms with Crippen LogP contribution in [0.25, 0.3) is 0 Å². The first kappa shape index (κ1) is 14.7. The van der Waals surface area contributed by atoms with E-state index in [2.05, 4.69) is 89.7 Å². The Hall–Kier alpha value is 0.320. The van der Waals surface area contributed by atoms with Crippen LogP contribution in [-0.4, -0.2) is 0 Å². The maximum absolute atomic E-state index is 3.60. The van der Waals surface area contributed by atoms with Crippen LogP contribution in [0.2, 0.25) is 0 Å². The quantitative estimate of drug-likeness (QED) is 0.609. The van der Waals surface area contributed by atoms with Crippen LogP contribution in [0.3, 0.4) is 0 Å². The molecule has 1 nitrogen and oxygen atoms in total.